The van der Waals surface area contributed by atoms with Crippen molar-refractivity contribution in [1.82, 2.24) is 9.97 Å². The molecule has 0 spiro atoms. The van der Waals surface area contributed by atoms with Crippen LogP contribution in [0.5, 0.6) is 0 Å². The summed E-state index contributed by atoms with van der Waals surface area (Å²) in [4.78, 5) is 20.4. The van der Waals surface area contributed by atoms with Gasteiger partial charge in [-0.2, -0.15) is 0 Å². The van der Waals surface area contributed by atoms with Crippen LogP contribution in [-0.2, 0) is 4.79 Å². The Kier molecular flexibility index (Phi) is 1.51. The number of hydrogen-bond donors (Lipinski definition) is 1. The molecule has 1 aliphatic heterocycles. The van der Waals surface area contributed by atoms with Gasteiger partial charge in [0.15, 0.2) is 0 Å². The second-order valence-corrected chi connectivity index (χ2v) is 2.60. The lowest BCUT2D eigenvalue weighted by Crippen LogP contribution is -2.61. The number of anilines is 1. The third-order valence-corrected chi connectivity index (χ3v) is 1.76. The predicted octanol–water partition coefficient (Wildman–Crippen LogP) is -0.850. The highest BCUT2D eigenvalue weighted by Gasteiger charge is 2.35. The van der Waals surface area contributed by atoms with E-state index < -0.39 is 0 Å². The summed E-state index contributed by atoms with van der Waals surface area (Å²) >= 11 is 0. The van der Waals surface area contributed by atoms with E-state index in [-0.39, 0.29) is 11.9 Å². The van der Waals surface area contributed by atoms with Crippen molar-refractivity contribution in [3.63, 3.8) is 0 Å². The number of carbonyl (C=O) groups excluding carboxylic acids is 1. The minimum Gasteiger partial charge on any atom is -0.318 e. The van der Waals surface area contributed by atoms with E-state index in [0.717, 1.165) is 0 Å². The number of nitrogens with zero attached hydrogens (tertiary/aromatic N) is 3. The number of aromatic nitrogens is 2. The largest absolute Gasteiger partial charge is 0.318 e. The van der Waals surface area contributed by atoms with Crippen molar-refractivity contribution < 1.29 is 4.79 Å². The average molecular weight is 164 g/mol. The van der Waals surface area contributed by atoms with Crippen molar-refractivity contribution in [1.29, 1.82) is 0 Å². The molecule has 5 nitrogen and oxygen atoms in total. The molecule has 5 heteroatoms. The zero-order chi connectivity index (χ0) is 8.55. The Balaban J connectivity index is 2.19. The first-order chi connectivity index (χ1) is 5.79. The number of β-lactam (4-membered cyclic amide) rings is 1. The smallest absolute Gasteiger partial charge is 0.248 e. The Morgan fingerprint density at radius 1 is 1.50 bits per heavy atom. The Morgan fingerprint density at radius 3 is 2.67 bits per heavy atom. The molecule has 2 rings (SSSR count). The van der Waals surface area contributed by atoms with Crippen LogP contribution in [0, 0.1) is 0 Å². The first-order valence-corrected chi connectivity index (χ1v) is 3.63. The zero-order valence-electron chi connectivity index (χ0n) is 6.34. The minimum absolute atomic E-state index is 0.110. The summed E-state index contributed by atoms with van der Waals surface area (Å²) in [6.45, 7) is 0.517. The SMILES string of the molecule is N[C@@H]1CN(c2ncccn2)C1=O. The first kappa shape index (κ1) is 7.17. The lowest BCUT2D eigenvalue weighted by Gasteiger charge is -2.33. The number of amides is 1. The van der Waals surface area contributed by atoms with Crippen LogP contribution in [0.4, 0.5) is 5.95 Å². The first-order valence-electron chi connectivity index (χ1n) is 3.63. The maximum atomic E-state index is 11.1. The van der Waals surface area contributed by atoms with Gasteiger partial charge in [0.25, 0.3) is 0 Å². The molecule has 0 aromatic carbocycles. The van der Waals surface area contributed by atoms with Crippen LogP contribution in [-0.4, -0.2) is 28.5 Å². The highest BCUT2D eigenvalue weighted by molar-refractivity contribution is 6.02. The molecule has 0 radical (unpaired) electrons. The van der Waals surface area contributed by atoms with Crippen molar-refractivity contribution in [3.05, 3.63) is 18.5 Å². The van der Waals surface area contributed by atoms with E-state index in [0.29, 0.717) is 12.5 Å². The summed E-state index contributed by atoms with van der Waals surface area (Å²) in [5, 5.41) is 0. The lowest BCUT2D eigenvalue weighted by molar-refractivity contribution is -0.123. The molecule has 1 atom stereocenters. The van der Waals surface area contributed by atoms with Gasteiger partial charge in [-0.1, -0.05) is 0 Å². The van der Waals surface area contributed by atoms with E-state index in [1.54, 1.807) is 18.5 Å². The molecule has 2 heterocycles. The molecule has 0 saturated carbocycles. The number of rotatable bonds is 1. The fourth-order valence-corrected chi connectivity index (χ4v) is 1.06. The third kappa shape index (κ3) is 0.947. The third-order valence-electron chi connectivity index (χ3n) is 1.76. The fourth-order valence-electron chi connectivity index (χ4n) is 1.06. The second-order valence-electron chi connectivity index (χ2n) is 2.60. The van der Waals surface area contributed by atoms with Crippen molar-refractivity contribution >= 4 is 11.9 Å². The molecule has 1 aromatic heterocycles. The summed E-state index contributed by atoms with van der Waals surface area (Å²) in [5.41, 5.74) is 5.40. The van der Waals surface area contributed by atoms with Crippen LogP contribution in [0.3, 0.4) is 0 Å². The van der Waals surface area contributed by atoms with E-state index in [9.17, 15) is 4.79 Å². The molecule has 62 valence electrons. The maximum Gasteiger partial charge on any atom is 0.248 e. The van der Waals surface area contributed by atoms with Gasteiger partial charge in [0.1, 0.15) is 6.04 Å². The molecule has 1 fully saturated rings. The van der Waals surface area contributed by atoms with E-state index >= 15 is 0 Å². The summed E-state index contributed by atoms with van der Waals surface area (Å²) in [6, 6.07) is 1.34. The van der Waals surface area contributed by atoms with Crippen LogP contribution in [0.15, 0.2) is 18.5 Å². The molecular formula is C7H8N4O. The van der Waals surface area contributed by atoms with E-state index in [1.165, 1.54) is 4.90 Å². The van der Waals surface area contributed by atoms with E-state index in [2.05, 4.69) is 9.97 Å². The number of hydrogen-bond acceptors (Lipinski definition) is 4. The van der Waals surface area contributed by atoms with E-state index in [4.69, 9.17) is 5.73 Å². The van der Waals surface area contributed by atoms with Crippen molar-refractivity contribution in [2.24, 2.45) is 5.73 Å². The molecule has 1 saturated heterocycles. The topological polar surface area (TPSA) is 72.1 Å². The van der Waals surface area contributed by atoms with Crippen molar-refractivity contribution in [3.8, 4) is 0 Å². The van der Waals surface area contributed by atoms with Crippen LogP contribution in [0.25, 0.3) is 0 Å². The summed E-state index contributed by atoms with van der Waals surface area (Å²) in [5.74, 6) is 0.324. The molecular weight excluding hydrogens is 156 g/mol. The van der Waals surface area contributed by atoms with Gasteiger partial charge in [-0.3, -0.25) is 9.69 Å². The molecule has 2 N–H and O–H groups in total. The molecule has 0 bridgehead atoms. The van der Waals surface area contributed by atoms with Crippen LogP contribution in [0.1, 0.15) is 0 Å². The molecule has 1 aliphatic rings. The van der Waals surface area contributed by atoms with Gasteiger partial charge in [0, 0.05) is 12.4 Å². The van der Waals surface area contributed by atoms with Gasteiger partial charge in [0.05, 0.1) is 6.54 Å². The Hall–Kier alpha value is -1.49. The highest BCUT2D eigenvalue weighted by atomic mass is 16.2. The van der Waals surface area contributed by atoms with E-state index in [1.807, 2.05) is 0 Å². The van der Waals surface area contributed by atoms with Gasteiger partial charge < -0.3 is 5.73 Å². The minimum atomic E-state index is -0.367. The molecule has 12 heavy (non-hydrogen) atoms. The normalized spacial score (nSPS) is 22.2. The number of carbonyl (C=O) groups is 1. The molecule has 1 amide bonds. The summed E-state index contributed by atoms with van der Waals surface area (Å²) < 4.78 is 0. The summed E-state index contributed by atoms with van der Waals surface area (Å²) in [6.07, 6.45) is 3.19. The average Bonchev–Trinajstić information content (AvgIpc) is 2.15. The summed E-state index contributed by atoms with van der Waals surface area (Å²) in [7, 11) is 0. The Labute approximate surface area is 69.2 Å². The van der Waals surface area contributed by atoms with Crippen molar-refractivity contribution in [2.75, 3.05) is 11.4 Å². The quantitative estimate of drug-likeness (QED) is 0.549. The second kappa shape index (κ2) is 2.53. The monoisotopic (exact) mass is 164 g/mol. The highest BCUT2D eigenvalue weighted by Crippen LogP contribution is 2.14. The Bertz CT molecular complexity index is 300. The van der Waals surface area contributed by atoms with Crippen LogP contribution >= 0.6 is 0 Å². The fraction of sp³-hybridized carbons (Fsp3) is 0.286. The zero-order valence-corrected chi connectivity index (χ0v) is 6.34. The van der Waals surface area contributed by atoms with Gasteiger partial charge in [-0.15, -0.1) is 0 Å². The predicted molar refractivity (Wildman–Crippen MR) is 42.4 cm³/mol. The lowest BCUT2D eigenvalue weighted by atomic mass is 10.1. The van der Waals surface area contributed by atoms with Gasteiger partial charge >= 0.3 is 0 Å². The molecule has 0 unspecified atom stereocenters. The number of nitrogens with two attached hydrogens (primary N) is 1. The van der Waals surface area contributed by atoms with Gasteiger partial charge in [-0.25, -0.2) is 9.97 Å². The van der Waals surface area contributed by atoms with Gasteiger partial charge in [0.2, 0.25) is 11.9 Å². The van der Waals surface area contributed by atoms with Gasteiger partial charge in [-0.05, 0) is 6.07 Å². The molecule has 1 aromatic rings. The van der Waals surface area contributed by atoms with Crippen LogP contribution in [0.2, 0.25) is 0 Å². The van der Waals surface area contributed by atoms with Crippen molar-refractivity contribution in [2.45, 2.75) is 6.04 Å². The standard InChI is InChI=1S/C7H8N4O/c8-5-4-11(6(5)12)7-9-2-1-3-10-7/h1-3,5H,4,8H2/t5-/m1/s1. The Morgan fingerprint density at radius 2 is 2.17 bits per heavy atom. The van der Waals surface area contributed by atoms with Crippen LogP contribution < -0.4 is 10.6 Å². The maximum absolute atomic E-state index is 11.1. The molecule has 0 aliphatic carbocycles.